The van der Waals surface area contributed by atoms with E-state index in [1.807, 2.05) is 25.3 Å². The summed E-state index contributed by atoms with van der Waals surface area (Å²) in [5.74, 6) is 1.25. The van der Waals surface area contributed by atoms with Gasteiger partial charge in [0.25, 0.3) is 11.9 Å². The second-order valence-corrected chi connectivity index (χ2v) is 8.71. The maximum atomic E-state index is 12.7. The molecule has 1 N–H and O–H groups in total. The number of carbonyl (C=O) groups excluding carboxylic acids is 1. The Hall–Kier alpha value is -2.71. The molecule has 1 amide bonds. The van der Waals surface area contributed by atoms with Gasteiger partial charge in [0.2, 0.25) is 0 Å². The highest BCUT2D eigenvalue weighted by Gasteiger charge is 2.21. The molecule has 0 spiro atoms. The number of nitrogens with zero attached hydrogens (tertiary/aromatic N) is 5. The Kier molecular flexibility index (Phi) is 5.26. The number of rotatable bonds is 5. The molecule has 0 saturated carbocycles. The number of thioether (sulfide) groups is 1. The van der Waals surface area contributed by atoms with Crippen molar-refractivity contribution in [2.45, 2.75) is 30.4 Å². The molecule has 1 aromatic carbocycles. The molecule has 30 heavy (non-hydrogen) atoms. The van der Waals surface area contributed by atoms with Crippen molar-refractivity contribution < 1.29 is 4.79 Å². The van der Waals surface area contributed by atoms with Crippen LogP contribution in [0.15, 0.2) is 41.6 Å². The Morgan fingerprint density at radius 3 is 2.90 bits per heavy atom. The minimum atomic E-state index is -0.0994. The van der Waals surface area contributed by atoms with E-state index in [2.05, 4.69) is 32.4 Å². The second-order valence-electron chi connectivity index (χ2n) is 7.69. The van der Waals surface area contributed by atoms with E-state index >= 15 is 0 Å². The van der Waals surface area contributed by atoms with Gasteiger partial charge in [-0.3, -0.25) is 4.79 Å². The molecule has 0 unspecified atom stereocenters. The predicted octanol–water partition coefficient (Wildman–Crippen LogP) is 3.07. The molecule has 1 saturated heterocycles. The van der Waals surface area contributed by atoms with Gasteiger partial charge in [-0.25, -0.2) is 14.6 Å². The zero-order valence-electron chi connectivity index (χ0n) is 17.0. The van der Waals surface area contributed by atoms with E-state index < -0.39 is 0 Å². The lowest BCUT2D eigenvalue weighted by molar-refractivity contribution is 0.0949. The van der Waals surface area contributed by atoms with Gasteiger partial charge in [0.1, 0.15) is 0 Å². The van der Waals surface area contributed by atoms with Gasteiger partial charge >= 0.3 is 0 Å². The minimum absolute atomic E-state index is 0.0994. The van der Waals surface area contributed by atoms with Crippen molar-refractivity contribution in [2.75, 3.05) is 26.2 Å². The number of fused-ring (bicyclic) bond motifs is 3. The first-order chi connectivity index (χ1) is 14.7. The van der Waals surface area contributed by atoms with Crippen molar-refractivity contribution in [1.29, 1.82) is 0 Å². The molecule has 2 aromatic heterocycles. The van der Waals surface area contributed by atoms with Crippen LogP contribution in [0, 0.1) is 6.92 Å². The van der Waals surface area contributed by atoms with Crippen LogP contribution in [0.5, 0.6) is 0 Å². The molecule has 7 nitrogen and oxygen atoms in total. The van der Waals surface area contributed by atoms with Crippen LogP contribution in [0.3, 0.4) is 0 Å². The molecule has 5 rings (SSSR count). The first-order valence-corrected chi connectivity index (χ1v) is 11.3. The van der Waals surface area contributed by atoms with Crippen molar-refractivity contribution in [1.82, 2.24) is 30.0 Å². The van der Waals surface area contributed by atoms with Gasteiger partial charge in [-0.2, -0.15) is 5.10 Å². The van der Waals surface area contributed by atoms with Crippen LogP contribution in [-0.4, -0.2) is 56.7 Å². The van der Waals surface area contributed by atoms with Gasteiger partial charge < -0.3 is 10.2 Å². The van der Waals surface area contributed by atoms with E-state index in [1.165, 1.54) is 17.7 Å². The molecule has 154 valence electrons. The van der Waals surface area contributed by atoms with Crippen molar-refractivity contribution in [3.63, 3.8) is 0 Å². The molecule has 2 aliphatic heterocycles. The number of benzene rings is 1. The number of aromatic nitrogens is 4. The van der Waals surface area contributed by atoms with Crippen LogP contribution in [0.1, 0.15) is 34.5 Å². The normalized spacial score (nSPS) is 15.6. The van der Waals surface area contributed by atoms with Crippen LogP contribution in [0.4, 0.5) is 0 Å². The van der Waals surface area contributed by atoms with Crippen molar-refractivity contribution in [3.8, 4) is 17.2 Å². The lowest BCUT2D eigenvalue weighted by Crippen LogP contribution is -2.33. The van der Waals surface area contributed by atoms with E-state index in [0.29, 0.717) is 18.1 Å². The molecular formula is C22H24N6OS. The van der Waals surface area contributed by atoms with Gasteiger partial charge in [-0.15, -0.1) is 11.8 Å². The average molecular weight is 421 g/mol. The summed E-state index contributed by atoms with van der Waals surface area (Å²) in [7, 11) is 0. The number of likely N-dealkylation sites (tertiary alicyclic amines) is 1. The first-order valence-electron chi connectivity index (χ1n) is 10.3. The highest BCUT2D eigenvalue weighted by Crippen LogP contribution is 2.40. The highest BCUT2D eigenvalue weighted by molar-refractivity contribution is 7.98. The molecule has 2 aliphatic rings. The summed E-state index contributed by atoms with van der Waals surface area (Å²) >= 11 is 1.80. The summed E-state index contributed by atoms with van der Waals surface area (Å²) in [5, 5.41) is 7.43. The van der Waals surface area contributed by atoms with Crippen LogP contribution in [0.25, 0.3) is 17.2 Å². The standard InChI is InChI=1S/C22H24N6OS/c1-15-18(21(29)23-8-11-27-9-4-5-10-27)13-25-28(15)22-24-12-16-14-30-19-7-3-2-6-17(19)20(16)26-22/h2-3,6-7,12-13H,4-5,8-11,14H2,1H3,(H,23,29). The van der Waals surface area contributed by atoms with Gasteiger partial charge in [0.15, 0.2) is 0 Å². The second kappa shape index (κ2) is 8.20. The molecule has 0 atom stereocenters. The quantitative estimate of drug-likeness (QED) is 0.684. The van der Waals surface area contributed by atoms with E-state index in [0.717, 1.165) is 47.9 Å². The van der Waals surface area contributed by atoms with Crippen LogP contribution < -0.4 is 5.32 Å². The monoisotopic (exact) mass is 420 g/mol. The van der Waals surface area contributed by atoms with Gasteiger partial charge in [0.05, 0.1) is 23.1 Å². The van der Waals surface area contributed by atoms with Crippen LogP contribution >= 0.6 is 11.8 Å². The molecule has 0 bridgehead atoms. The van der Waals surface area contributed by atoms with E-state index in [-0.39, 0.29) is 5.91 Å². The Morgan fingerprint density at radius 2 is 2.03 bits per heavy atom. The summed E-state index contributed by atoms with van der Waals surface area (Å²) in [6.45, 7) is 5.68. The average Bonchev–Trinajstić information content (AvgIpc) is 3.43. The van der Waals surface area contributed by atoms with Crippen LogP contribution in [0.2, 0.25) is 0 Å². The lowest BCUT2D eigenvalue weighted by Gasteiger charge is -2.18. The van der Waals surface area contributed by atoms with E-state index in [1.54, 1.807) is 22.6 Å². The fourth-order valence-electron chi connectivity index (χ4n) is 4.05. The molecule has 1 fully saturated rings. The van der Waals surface area contributed by atoms with Crippen molar-refractivity contribution in [3.05, 3.63) is 53.5 Å². The zero-order valence-corrected chi connectivity index (χ0v) is 17.8. The molecule has 3 aromatic rings. The van der Waals surface area contributed by atoms with E-state index in [4.69, 9.17) is 4.98 Å². The maximum absolute atomic E-state index is 12.7. The molecule has 4 heterocycles. The lowest BCUT2D eigenvalue weighted by atomic mass is 10.1. The van der Waals surface area contributed by atoms with Gasteiger partial charge in [0, 0.05) is 41.1 Å². The molecule has 0 aliphatic carbocycles. The van der Waals surface area contributed by atoms with Crippen molar-refractivity contribution in [2.24, 2.45) is 0 Å². The zero-order chi connectivity index (χ0) is 20.5. The summed E-state index contributed by atoms with van der Waals surface area (Å²) in [4.78, 5) is 25.6. The highest BCUT2D eigenvalue weighted by atomic mass is 32.2. The summed E-state index contributed by atoms with van der Waals surface area (Å²) in [5.41, 5.74) is 4.49. The topological polar surface area (TPSA) is 75.9 Å². The smallest absolute Gasteiger partial charge is 0.254 e. The number of nitrogens with one attached hydrogen (secondary N) is 1. The largest absolute Gasteiger partial charge is 0.351 e. The fraction of sp³-hybridized carbons (Fsp3) is 0.364. The summed E-state index contributed by atoms with van der Waals surface area (Å²) < 4.78 is 1.65. The van der Waals surface area contributed by atoms with Gasteiger partial charge in [-0.1, -0.05) is 18.2 Å². The number of amides is 1. The number of hydrogen-bond donors (Lipinski definition) is 1. The summed E-state index contributed by atoms with van der Waals surface area (Å²) in [6.07, 6.45) is 5.98. The minimum Gasteiger partial charge on any atom is -0.351 e. The Bertz CT molecular complexity index is 1090. The predicted molar refractivity (Wildman–Crippen MR) is 117 cm³/mol. The Labute approximate surface area is 179 Å². The third kappa shape index (κ3) is 3.61. The Balaban J connectivity index is 1.36. The molecule has 8 heteroatoms. The van der Waals surface area contributed by atoms with E-state index in [9.17, 15) is 4.79 Å². The van der Waals surface area contributed by atoms with Gasteiger partial charge in [-0.05, 0) is 38.9 Å². The Morgan fingerprint density at radius 1 is 1.20 bits per heavy atom. The number of hydrogen-bond acceptors (Lipinski definition) is 6. The maximum Gasteiger partial charge on any atom is 0.254 e. The number of carbonyl (C=O) groups is 1. The molecular weight excluding hydrogens is 396 g/mol. The molecule has 0 radical (unpaired) electrons. The first kappa shape index (κ1) is 19.3. The summed E-state index contributed by atoms with van der Waals surface area (Å²) in [6, 6.07) is 8.28. The third-order valence-corrected chi connectivity index (χ3v) is 6.86. The SMILES string of the molecule is Cc1c(C(=O)NCCN2CCCC2)cnn1-c1ncc2c(n1)-c1ccccc1SC2. The third-order valence-electron chi connectivity index (χ3n) is 5.73. The fourth-order valence-corrected chi connectivity index (χ4v) is 5.06. The van der Waals surface area contributed by atoms with Crippen molar-refractivity contribution >= 4 is 17.7 Å². The van der Waals surface area contributed by atoms with Crippen LogP contribution in [-0.2, 0) is 5.75 Å².